The van der Waals surface area contributed by atoms with Crippen molar-refractivity contribution in [3.05, 3.63) is 29.8 Å². The Bertz CT molecular complexity index is 480. The van der Waals surface area contributed by atoms with Gasteiger partial charge in [0.1, 0.15) is 11.8 Å². The molecule has 1 aliphatic rings. The van der Waals surface area contributed by atoms with Crippen LogP contribution in [0, 0.1) is 0 Å². The summed E-state index contributed by atoms with van der Waals surface area (Å²) >= 11 is 0. The minimum Gasteiger partial charge on any atom is -0.508 e. The van der Waals surface area contributed by atoms with E-state index < -0.39 is 12.0 Å². The number of carbonyl (C=O) groups is 2. The maximum Gasteiger partial charge on any atom is 0.326 e. The van der Waals surface area contributed by atoms with Crippen LogP contribution < -0.4 is 10.6 Å². The Kier molecular flexibility index (Phi) is 4.57. The lowest BCUT2D eigenvalue weighted by Crippen LogP contribution is -2.49. The molecule has 2 atom stereocenters. The summed E-state index contributed by atoms with van der Waals surface area (Å²) < 4.78 is 0. The van der Waals surface area contributed by atoms with Crippen LogP contribution in [0.25, 0.3) is 0 Å². The first-order chi connectivity index (χ1) is 9.56. The van der Waals surface area contributed by atoms with Gasteiger partial charge in [-0.25, -0.2) is 4.79 Å². The highest BCUT2D eigenvalue weighted by Gasteiger charge is 2.27. The largest absolute Gasteiger partial charge is 0.508 e. The molecule has 1 aromatic carbocycles. The van der Waals surface area contributed by atoms with Crippen molar-refractivity contribution in [2.45, 2.75) is 31.3 Å². The molecule has 0 bridgehead atoms. The van der Waals surface area contributed by atoms with E-state index in [-0.39, 0.29) is 24.1 Å². The maximum absolute atomic E-state index is 11.9. The minimum absolute atomic E-state index is 0.125. The summed E-state index contributed by atoms with van der Waals surface area (Å²) in [5, 5.41) is 24.0. The van der Waals surface area contributed by atoms with Gasteiger partial charge >= 0.3 is 5.97 Å². The van der Waals surface area contributed by atoms with E-state index in [2.05, 4.69) is 10.6 Å². The zero-order valence-corrected chi connectivity index (χ0v) is 11.0. The lowest BCUT2D eigenvalue weighted by atomic mass is 10.1. The lowest BCUT2D eigenvalue weighted by Gasteiger charge is -2.17. The zero-order valence-electron chi connectivity index (χ0n) is 11.0. The first-order valence-electron chi connectivity index (χ1n) is 6.61. The fraction of sp³-hybridized carbons (Fsp3) is 0.429. The number of benzene rings is 1. The predicted molar refractivity (Wildman–Crippen MR) is 72.4 cm³/mol. The van der Waals surface area contributed by atoms with Gasteiger partial charge in [-0.2, -0.15) is 0 Å². The number of amides is 1. The SMILES string of the molecule is O=C(O)C(Cc1ccc(O)cc1)NC(=O)[C@@H]1CCCN1. The number of phenols is 1. The standard InChI is InChI=1S/C14H18N2O4/c17-10-5-3-9(4-6-10)8-12(14(19)20)16-13(18)11-2-1-7-15-11/h3-6,11-12,15,17H,1-2,7-8H2,(H,16,18)(H,19,20)/t11-,12?/m0/s1. The molecule has 0 radical (unpaired) electrons. The van der Waals surface area contributed by atoms with Crippen molar-refractivity contribution in [2.75, 3.05) is 6.54 Å². The second-order valence-corrected chi connectivity index (χ2v) is 4.92. The van der Waals surface area contributed by atoms with E-state index in [0.717, 1.165) is 24.9 Å². The Labute approximate surface area is 116 Å². The molecule has 1 amide bonds. The van der Waals surface area contributed by atoms with E-state index in [1.165, 1.54) is 12.1 Å². The third-order valence-electron chi connectivity index (χ3n) is 3.37. The fourth-order valence-electron chi connectivity index (χ4n) is 2.25. The molecule has 1 aliphatic heterocycles. The molecule has 0 spiro atoms. The van der Waals surface area contributed by atoms with Gasteiger partial charge < -0.3 is 20.8 Å². The predicted octanol–water partition coefficient (Wildman–Crippen LogP) is 0.256. The molecular weight excluding hydrogens is 260 g/mol. The van der Waals surface area contributed by atoms with Crippen molar-refractivity contribution in [1.82, 2.24) is 10.6 Å². The smallest absolute Gasteiger partial charge is 0.326 e. The van der Waals surface area contributed by atoms with Gasteiger partial charge in [-0.15, -0.1) is 0 Å². The van der Waals surface area contributed by atoms with Gasteiger partial charge in [-0.05, 0) is 37.1 Å². The molecule has 6 nitrogen and oxygen atoms in total. The monoisotopic (exact) mass is 278 g/mol. The number of hydrogen-bond donors (Lipinski definition) is 4. The number of carbonyl (C=O) groups excluding carboxylic acids is 1. The molecule has 0 saturated carbocycles. The van der Waals surface area contributed by atoms with Crippen molar-refractivity contribution >= 4 is 11.9 Å². The Balaban J connectivity index is 1.98. The van der Waals surface area contributed by atoms with Gasteiger partial charge in [-0.1, -0.05) is 12.1 Å². The van der Waals surface area contributed by atoms with E-state index >= 15 is 0 Å². The van der Waals surface area contributed by atoms with Crippen LogP contribution in [0.3, 0.4) is 0 Å². The summed E-state index contributed by atoms with van der Waals surface area (Å²) in [4.78, 5) is 23.2. The van der Waals surface area contributed by atoms with E-state index in [0.29, 0.717) is 0 Å². The summed E-state index contributed by atoms with van der Waals surface area (Å²) in [5.41, 5.74) is 0.745. The normalized spacial score (nSPS) is 19.5. The molecule has 0 aliphatic carbocycles. The van der Waals surface area contributed by atoms with Gasteiger partial charge in [-0.3, -0.25) is 4.79 Å². The van der Waals surface area contributed by atoms with Crippen molar-refractivity contribution in [1.29, 1.82) is 0 Å². The van der Waals surface area contributed by atoms with Crippen molar-refractivity contribution in [3.63, 3.8) is 0 Å². The molecule has 20 heavy (non-hydrogen) atoms. The number of aromatic hydroxyl groups is 1. The number of carboxylic acid groups (broad SMARTS) is 1. The van der Waals surface area contributed by atoms with Gasteiger partial charge in [0.15, 0.2) is 0 Å². The van der Waals surface area contributed by atoms with E-state index in [1.54, 1.807) is 12.1 Å². The van der Waals surface area contributed by atoms with Gasteiger partial charge in [0, 0.05) is 6.42 Å². The molecule has 6 heteroatoms. The molecule has 0 aromatic heterocycles. The first kappa shape index (κ1) is 14.3. The van der Waals surface area contributed by atoms with E-state index in [4.69, 9.17) is 0 Å². The molecule has 1 saturated heterocycles. The van der Waals surface area contributed by atoms with E-state index in [9.17, 15) is 19.8 Å². The average molecular weight is 278 g/mol. The number of phenolic OH excluding ortho intramolecular Hbond substituents is 1. The third-order valence-corrected chi connectivity index (χ3v) is 3.37. The number of carboxylic acids is 1. The Hall–Kier alpha value is -2.08. The summed E-state index contributed by atoms with van der Waals surface area (Å²) in [6.07, 6.45) is 1.85. The lowest BCUT2D eigenvalue weighted by molar-refractivity contribution is -0.142. The quantitative estimate of drug-likeness (QED) is 0.619. The fourth-order valence-corrected chi connectivity index (χ4v) is 2.25. The van der Waals surface area contributed by atoms with Crippen LogP contribution in [0.2, 0.25) is 0 Å². The molecule has 1 fully saturated rings. The Morgan fingerprint density at radius 2 is 2.05 bits per heavy atom. The van der Waals surface area contributed by atoms with Gasteiger partial charge in [0.2, 0.25) is 5.91 Å². The summed E-state index contributed by atoms with van der Waals surface area (Å²) in [5.74, 6) is -1.21. The number of aliphatic carboxylic acids is 1. The summed E-state index contributed by atoms with van der Waals surface area (Å²) in [7, 11) is 0. The highest BCUT2D eigenvalue weighted by Crippen LogP contribution is 2.12. The van der Waals surface area contributed by atoms with Crippen LogP contribution in [0.15, 0.2) is 24.3 Å². The van der Waals surface area contributed by atoms with Crippen molar-refractivity contribution < 1.29 is 19.8 Å². The first-order valence-corrected chi connectivity index (χ1v) is 6.61. The van der Waals surface area contributed by atoms with Crippen LogP contribution in [0.4, 0.5) is 0 Å². The van der Waals surface area contributed by atoms with Gasteiger partial charge in [0.25, 0.3) is 0 Å². The number of nitrogens with one attached hydrogen (secondary N) is 2. The Morgan fingerprint density at radius 3 is 2.60 bits per heavy atom. The van der Waals surface area contributed by atoms with E-state index in [1.807, 2.05) is 0 Å². The highest BCUT2D eigenvalue weighted by atomic mass is 16.4. The molecule has 1 aromatic rings. The van der Waals surface area contributed by atoms with Gasteiger partial charge in [0.05, 0.1) is 6.04 Å². The van der Waals surface area contributed by atoms with Crippen LogP contribution >= 0.6 is 0 Å². The summed E-state index contributed by atoms with van der Waals surface area (Å²) in [6.45, 7) is 0.786. The minimum atomic E-state index is -1.07. The molecule has 108 valence electrons. The molecule has 1 heterocycles. The second-order valence-electron chi connectivity index (χ2n) is 4.92. The molecule has 1 unspecified atom stereocenters. The number of rotatable bonds is 5. The molecule has 2 rings (SSSR count). The zero-order chi connectivity index (χ0) is 14.5. The van der Waals surface area contributed by atoms with Crippen molar-refractivity contribution in [3.8, 4) is 5.75 Å². The van der Waals surface area contributed by atoms with Crippen LogP contribution in [-0.4, -0.2) is 40.7 Å². The molecule has 4 N–H and O–H groups in total. The second kappa shape index (κ2) is 6.38. The van der Waals surface area contributed by atoms with Crippen LogP contribution in [0.1, 0.15) is 18.4 Å². The molecular formula is C14H18N2O4. The van der Waals surface area contributed by atoms with Crippen LogP contribution in [0.5, 0.6) is 5.75 Å². The summed E-state index contributed by atoms with van der Waals surface area (Å²) in [6, 6.07) is 5.02. The number of hydrogen-bond acceptors (Lipinski definition) is 4. The highest BCUT2D eigenvalue weighted by molar-refractivity contribution is 5.87. The maximum atomic E-state index is 11.9. The van der Waals surface area contributed by atoms with Crippen LogP contribution in [-0.2, 0) is 16.0 Å². The van der Waals surface area contributed by atoms with Crippen molar-refractivity contribution in [2.24, 2.45) is 0 Å². The Morgan fingerprint density at radius 1 is 1.35 bits per heavy atom. The topological polar surface area (TPSA) is 98.7 Å². The third kappa shape index (κ3) is 3.71. The average Bonchev–Trinajstić information content (AvgIpc) is 2.94.